The zero-order valence-corrected chi connectivity index (χ0v) is 20.1. The quantitative estimate of drug-likeness (QED) is 0.220. The van der Waals surface area contributed by atoms with Gasteiger partial charge >= 0.3 is 22.8 Å². The Hall–Kier alpha value is -4.45. The minimum Gasteiger partial charge on any atom is -0.490 e. The molecule has 0 unspecified atom stereocenters. The summed E-state index contributed by atoms with van der Waals surface area (Å²) in [4.78, 5) is 51.1. The van der Waals surface area contributed by atoms with Crippen LogP contribution >= 0.6 is 11.3 Å². The van der Waals surface area contributed by atoms with Crippen molar-refractivity contribution in [1.29, 1.82) is 0 Å². The fraction of sp³-hybridized carbons (Fsp3) is 0.208. The van der Waals surface area contributed by atoms with Crippen LogP contribution in [0.4, 0.5) is 27.8 Å². The van der Waals surface area contributed by atoms with Crippen LogP contribution in [0.5, 0.6) is 5.75 Å². The minimum atomic E-state index is -1.38. The molecule has 0 saturated heterocycles. The summed E-state index contributed by atoms with van der Waals surface area (Å²) in [6.07, 6.45) is 0. The fourth-order valence-corrected chi connectivity index (χ4v) is 4.88. The number of para-hydroxylation sites is 1. The Bertz CT molecular complexity index is 1350. The maximum Gasteiger partial charge on any atom is 0.397 e. The number of anilines is 4. The van der Waals surface area contributed by atoms with E-state index in [1.165, 1.54) is 19.9 Å². The van der Waals surface area contributed by atoms with Crippen molar-refractivity contribution in [2.45, 2.75) is 13.8 Å². The molecule has 1 amide bonds. The zero-order chi connectivity index (χ0) is 26.0. The highest BCUT2D eigenvalue weighted by atomic mass is 32.1. The molecule has 0 spiro atoms. The summed E-state index contributed by atoms with van der Waals surface area (Å²) < 4.78 is 10.6. The van der Waals surface area contributed by atoms with Crippen molar-refractivity contribution in [3.63, 3.8) is 0 Å². The summed E-state index contributed by atoms with van der Waals surface area (Å²) >= 11 is 0.414. The Balaban J connectivity index is 1.93. The number of carboxylic acids is 1. The Morgan fingerprint density at radius 3 is 2.58 bits per heavy atom. The second kappa shape index (κ2) is 10.0. The molecule has 4 rings (SSSR count). The highest BCUT2D eigenvalue weighted by Crippen LogP contribution is 2.47. The number of ether oxygens (including phenoxy) is 2. The SMILES string of the molecule is CCOC(=O)C(=O)N(c1ccc2c(c1)N(c1ccccc1)CCO2)c1c([N+](=O)[O-])sc(C(=O)O)c1C. The van der Waals surface area contributed by atoms with Crippen LogP contribution in [0.2, 0.25) is 0 Å². The molecular formula is C24H21N3O8S. The zero-order valence-electron chi connectivity index (χ0n) is 19.3. The highest BCUT2D eigenvalue weighted by Gasteiger charge is 2.38. The van der Waals surface area contributed by atoms with E-state index in [9.17, 15) is 29.6 Å². The summed E-state index contributed by atoms with van der Waals surface area (Å²) in [5, 5.41) is 20.8. The van der Waals surface area contributed by atoms with Gasteiger partial charge in [-0.25, -0.2) is 9.59 Å². The Kier molecular flexibility index (Phi) is 6.88. The molecule has 12 heteroatoms. The average molecular weight is 512 g/mol. The number of nitrogens with zero attached hydrogens (tertiary/aromatic N) is 3. The summed E-state index contributed by atoms with van der Waals surface area (Å²) in [6, 6.07) is 14.1. The molecule has 36 heavy (non-hydrogen) atoms. The molecule has 11 nitrogen and oxygen atoms in total. The largest absolute Gasteiger partial charge is 0.490 e. The lowest BCUT2D eigenvalue weighted by atomic mass is 10.1. The number of thiophene rings is 1. The van der Waals surface area contributed by atoms with Crippen molar-refractivity contribution in [2.24, 2.45) is 0 Å². The number of rotatable bonds is 6. The Morgan fingerprint density at radius 1 is 1.22 bits per heavy atom. The summed E-state index contributed by atoms with van der Waals surface area (Å²) in [5.74, 6) is -3.30. The number of esters is 1. The molecule has 3 aromatic rings. The molecule has 2 heterocycles. The molecule has 0 saturated carbocycles. The minimum absolute atomic E-state index is 0.0225. The van der Waals surface area contributed by atoms with E-state index in [2.05, 4.69) is 0 Å². The van der Waals surface area contributed by atoms with Gasteiger partial charge in [-0.1, -0.05) is 29.5 Å². The van der Waals surface area contributed by atoms with E-state index in [0.29, 0.717) is 35.9 Å². The standard InChI is InChI=1S/C24H21N3O8S/c1-3-34-24(31)21(28)26(19-14(2)20(23(29)30)36-22(19)27(32)33)16-9-10-18-17(13-16)25(11-12-35-18)15-7-5-4-6-8-15/h4-10,13H,3,11-12H2,1-2H3,(H,29,30). The predicted octanol–water partition coefficient (Wildman–Crippen LogP) is 4.42. The third-order valence-corrected chi connectivity index (χ3v) is 6.69. The number of fused-ring (bicyclic) bond motifs is 1. The number of carboxylic acid groups (broad SMARTS) is 1. The van der Waals surface area contributed by atoms with Crippen molar-refractivity contribution in [3.05, 3.63) is 69.1 Å². The van der Waals surface area contributed by atoms with E-state index in [0.717, 1.165) is 10.6 Å². The van der Waals surface area contributed by atoms with Crippen LogP contribution in [0, 0.1) is 17.0 Å². The average Bonchev–Trinajstić information content (AvgIpc) is 3.21. The molecule has 1 N–H and O–H groups in total. The molecule has 0 bridgehead atoms. The monoisotopic (exact) mass is 511 g/mol. The normalized spacial score (nSPS) is 12.3. The van der Waals surface area contributed by atoms with Gasteiger partial charge in [-0.3, -0.25) is 19.8 Å². The molecule has 1 aromatic heterocycles. The number of benzene rings is 2. The van der Waals surface area contributed by atoms with Crippen LogP contribution in [-0.4, -0.2) is 47.6 Å². The van der Waals surface area contributed by atoms with Gasteiger partial charge in [0.25, 0.3) is 0 Å². The number of carbonyl (C=O) groups is 3. The van der Waals surface area contributed by atoms with Crippen molar-refractivity contribution in [2.75, 3.05) is 29.6 Å². The smallest absolute Gasteiger partial charge is 0.397 e. The van der Waals surface area contributed by atoms with Crippen LogP contribution in [0.1, 0.15) is 22.2 Å². The van der Waals surface area contributed by atoms with Crippen LogP contribution in [0.3, 0.4) is 0 Å². The second-order valence-corrected chi connectivity index (χ2v) is 8.62. The summed E-state index contributed by atoms with van der Waals surface area (Å²) in [7, 11) is 0. The number of carbonyl (C=O) groups excluding carboxylic acids is 2. The molecule has 2 aromatic carbocycles. The van der Waals surface area contributed by atoms with Crippen LogP contribution in [0.25, 0.3) is 0 Å². The first-order valence-electron chi connectivity index (χ1n) is 10.9. The van der Waals surface area contributed by atoms with E-state index in [4.69, 9.17) is 9.47 Å². The maximum absolute atomic E-state index is 13.3. The van der Waals surface area contributed by atoms with E-state index in [1.54, 1.807) is 12.1 Å². The molecule has 0 aliphatic carbocycles. The van der Waals surface area contributed by atoms with E-state index in [-0.39, 0.29) is 28.4 Å². The topological polar surface area (TPSA) is 140 Å². The summed E-state index contributed by atoms with van der Waals surface area (Å²) in [5.41, 5.74) is 1.21. The van der Waals surface area contributed by atoms with Gasteiger partial charge in [0.05, 0.1) is 29.4 Å². The molecule has 1 aliphatic heterocycles. The van der Waals surface area contributed by atoms with Gasteiger partial charge in [0.2, 0.25) is 0 Å². The number of amides is 1. The van der Waals surface area contributed by atoms with Gasteiger partial charge in [0.1, 0.15) is 22.9 Å². The Morgan fingerprint density at radius 2 is 1.94 bits per heavy atom. The lowest BCUT2D eigenvalue weighted by molar-refractivity contribution is -0.379. The van der Waals surface area contributed by atoms with Crippen molar-refractivity contribution in [1.82, 2.24) is 0 Å². The van der Waals surface area contributed by atoms with Crippen LogP contribution in [0.15, 0.2) is 48.5 Å². The molecule has 0 radical (unpaired) electrons. The fourth-order valence-electron chi connectivity index (χ4n) is 3.93. The van der Waals surface area contributed by atoms with Gasteiger partial charge in [-0.05, 0) is 44.2 Å². The van der Waals surface area contributed by atoms with E-state index < -0.39 is 27.8 Å². The Labute approximate surface area is 209 Å². The first kappa shape index (κ1) is 24.7. The first-order chi connectivity index (χ1) is 17.2. The van der Waals surface area contributed by atoms with Gasteiger partial charge in [-0.15, -0.1) is 0 Å². The maximum atomic E-state index is 13.3. The lowest BCUT2D eigenvalue weighted by Crippen LogP contribution is -2.35. The molecule has 0 atom stereocenters. The van der Waals surface area contributed by atoms with Crippen LogP contribution < -0.4 is 14.5 Å². The number of aromatic carboxylic acids is 1. The van der Waals surface area contributed by atoms with Crippen molar-refractivity contribution >= 4 is 56.9 Å². The molecule has 1 aliphatic rings. The van der Waals surface area contributed by atoms with E-state index >= 15 is 0 Å². The highest BCUT2D eigenvalue weighted by molar-refractivity contribution is 7.18. The predicted molar refractivity (Wildman–Crippen MR) is 132 cm³/mol. The first-order valence-corrected chi connectivity index (χ1v) is 11.7. The molecular weight excluding hydrogens is 490 g/mol. The van der Waals surface area contributed by atoms with E-state index in [1.807, 2.05) is 35.2 Å². The number of nitro groups is 1. The van der Waals surface area contributed by atoms with Crippen molar-refractivity contribution < 1.29 is 33.9 Å². The lowest BCUT2D eigenvalue weighted by Gasteiger charge is -2.32. The van der Waals surface area contributed by atoms with Gasteiger partial charge in [0.15, 0.2) is 0 Å². The number of hydrogen-bond donors (Lipinski definition) is 1. The van der Waals surface area contributed by atoms with Crippen molar-refractivity contribution in [3.8, 4) is 5.75 Å². The van der Waals surface area contributed by atoms with Gasteiger partial charge in [-0.2, -0.15) is 0 Å². The van der Waals surface area contributed by atoms with Gasteiger partial charge < -0.3 is 19.5 Å². The number of hydrogen-bond acceptors (Lipinski definition) is 9. The second-order valence-electron chi connectivity index (χ2n) is 7.62. The molecule has 0 fully saturated rings. The van der Waals surface area contributed by atoms with Crippen LogP contribution in [-0.2, 0) is 14.3 Å². The third-order valence-electron chi connectivity index (χ3n) is 5.47. The third kappa shape index (κ3) is 4.45. The van der Waals surface area contributed by atoms with Gasteiger partial charge in [0, 0.05) is 11.3 Å². The molecule has 186 valence electrons. The summed E-state index contributed by atoms with van der Waals surface area (Å²) in [6.45, 7) is 3.68.